The first-order valence-corrected chi connectivity index (χ1v) is 13.5. The number of piperidine rings is 1. The van der Waals surface area contributed by atoms with Gasteiger partial charge in [-0.15, -0.1) is 5.10 Å². The van der Waals surface area contributed by atoms with Gasteiger partial charge in [-0.3, -0.25) is 9.59 Å². The Balaban J connectivity index is 1.25. The Hall–Kier alpha value is -3.03. The van der Waals surface area contributed by atoms with Crippen LogP contribution in [0.5, 0.6) is 0 Å². The molecule has 1 aliphatic carbocycles. The lowest BCUT2D eigenvalue weighted by atomic mass is 9.87. The van der Waals surface area contributed by atoms with Crippen LogP contribution in [0.1, 0.15) is 95.0 Å². The van der Waals surface area contributed by atoms with Gasteiger partial charge in [0.25, 0.3) is 5.56 Å². The number of carbonyl (C=O) groups is 1. The summed E-state index contributed by atoms with van der Waals surface area (Å²) < 4.78 is 1.71. The van der Waals surface area contributed by atoms with Gasteiger partial charge >= 0.3 is 0 Å². The number of fused-ring (bicyclic) bond motifs is 1. The van der Waals surface area contributed by atoms with Gasteiger partial charge in [-0.25, -0.2) is 9.67 Å². The third-order valence-corrected chi connectivity index (χ3v) is 8.02. The molecule has 1 N–H and O–H groups in total. The number of amides is 1. The number of nitrogens with one attached hydrogen (secondary N) is 1. The lowest BCUT2D eigenvalue weighted by Crippen LogP contribution is -2.38. The van der Waals surface area contributed by atoms with Gasteiger partial charge in [0.05, 0.1) is 6.54 Å². The zero-order valence-corrected chi connectivity index (χ0v) is 21.8. The first-order chi connectivity index (χ1) is 17.3. The van der Waals surface area contributed by atoms with Gasteiger partial charge in [0.2, 0.25) is 5.91 Å². The van der Waals surface area contributed by atoms with E-state index in [2.05, 4.69) is 60.3 Å². The third kappa shape index (κ3) is 5.37. The predicted molar refractivity (Wildman–Crippen MR) is 140 cm³/mol. The Bertz CT molecular complexity index is 1260. The van der Waals surface area contributed by atoms with E-state index in [-0.39, 0.29) is 28.3 Å². The van der Waals surface area contributed by atoms with Crippen molar-refractivity contribution in [2.75, 3.05) is 13.1 Å². The molecule has 3 aromatic rings. The van der Waals surface area contributed by atoms with E-state index in [0.717, 1.165) is 30.7 Å². The first kappa shape index (κ1) is 24.7. The number of H-pyrrole nitrogens is 1. The molecule has 2 fully saturated rings. The maximum atomic E-state index is 12.8. The quantitative estimate of drug-likeness (QED) is 0.547. The molecule has 1 aromatic carbocycles. The minimum absolute atomic E-state index is 0.0956. The lowest BCUT2D eigenvalue weighted by molar-refractivity contribution is -0.132. The zero-order chi connectivity index (χ0) is 25.3. The number of carbonyl (C=O) groups excluding carboxylic acids is 1. The number of nitrogens with zero attached hydrogens (tertiary/aromatic N) is 5. The van der Waals surface area contributed by atoms with E-state index >= 15 is 0 Å². The van der Waals surface area contributed by atoms with Crippen LogP contribution in [0.15, 0.2) is 29.1 Å². The van der Waals surface area contributed by atoms with Crippen molar-refractivity contribution in [3.05, 3.63) is 51.6 Å². The van der Waals surface area contributed by atoms with Gasteiger partial charge in [-0.05, 0) is 41.7 Å². The molecule has 0 unspecified atom stereocenters. The SMILES string of the molecule is CC(C)(C)c1ccc(Cn2nnc3c(=O)[nH]c(C4CCN(C(=O)CCC5CCCC5)CC4)nc32)cc1. The van der Waals surface area contributed by atoms with Crippen LogP contribution in [0.4, 0.5) is 0 Å². The summed E-state index contributed by atoms with van der Waals surface area (Å²) in [7, 11) is 0. The fraction of sp³-hybridized carbons (Fsp3) is 0.607. The van der Waals surface area contributed by atoms with Crippen LogP contribution >= 0.6 is 0 Å². The van der Waals surface area contributed by atoms with Gasteiger partial charge in [-0.1, -0.05) is 75.9 Å². The first-order valence-electron chi connectivity index (χ1n) is 13.5. The normalized spacial score (nSPS) is 17.8. The van der Waals surface area contributed by atoms with Crippen molar-refractivity contribution >= 4 is 17.1 Å². The maximum absolute atomic E-state index is 12.8. The summed E-state index contributed by atoms with van der Waals surface area (Å²) in [6.07, 6.45) is 8.50. The molecule has 0 bridgehead atoms. The molecule has 8 heteroatoms. The number of benzene rings is 1. The molecular weight excluding hydrogens is 452 g/mol. The number of hydrogen-bond acceptors (Lipinski definition) is 5. The zero-order valence-electron chi connectivity index (χ0n) is 21.8. The molecule has 5 rings (SSSR count). The maximum Gasteiger partial charge on any atom is 0.281 e. The Kier molecular flexibility index (Phi) is 6.95. The minimum atomic E-state index is -0.251. The van der Waals surface area contributed by atoms with Gasteiger partial charge in [0.15, 0.2) is 11.2 Å². The summed E-state index contributed by atoms with van der Waals surface area (Å²) in [5.41, 5.74) is 2.99. The van der Waals surface area contributed by atoms with Gasteiger partial charge in [0, 0.05) is 25.4 Å². The highest BCUT2D eigenvalue weighted by Crippen LogP contribution is 2.30. The van der Waals surface area contributed by atoms with Crippen molar-refractivity contribution in [3.63, 3.8) is 0 Å². The second-order valence-electron chi connectivity index (χ2n) is 11.7. The summed E-state index contributed by atoms with van der Waals surface area (Å²) in [4.78, 5) is 35.2. The van der Waals surface area contributed by atoms with E-state index < -0.39 is 0 Å². The number of rotatable bonds is 6. The molecule has 8 nitrogen and oxygen atoms in total. The van der Waals surface area contributed by atoms with Crippen molar-refractivity contribution in [1.82, 2.24) is 29.9 Å². The van der Waals surface area contributed by atoms with Gasteiger partial charge in [0.1, 0.15) is 5.82 Å². The Morgan fingerprint density at radius 3 is 2.42 bits per heavy atom. The van der Waals surface area contributed by atoms with Crippen LogP contribution in [-0.2, 0) is 16.8 Å². The van der Waals surface area contributed by atoms with E-state index in [4.69, 9.17) is 4.98 Å². The Morgan fingerprint density at radius 2 is 1.75 bits per heavy atom. The Morgan fingerprint density at radius 1 is 1.06 bits per heavy atom. The standard InChI is InChI=1S/C28H38N6O2/c1-28(2,3)22-11-8-20(9-12-22)18-34-26-24(31-32-34)27(36)30-25(29-26)21-14-16-33(17-15-21)23(35)13-10-19-6-4-5-7-19/h8-9,11-12,19,21H,4-7,10,13-18H2,1-3H3,(H,29,30,36). The highest BCUT2D eigenvalue weighted by molar-refractivity contribution is 5.76. The average molecular weight is 491 g/mol. The van der Waals surface area contributed by atoms with Gasteiger partial charge < -0.3 is 9.88 Å². The number of likely N-dealkylation sites (tertiary alicyclic amines) is 1. The van der Waals surface area contributed by atoms with E-state index in [1.807, 2.05) is 4.90 Å². The van der Waals surface area contributed by atoms with E-state index in [1.54, 1.807) is 4.68 Å². The lowest BCUT2D eigenvalue weighted by Gasteiger charge is -2.31. The molecule has 2 aromatic heterocycles. The molecule has 3 heterocycles. The summed E-state index contributed by atoms with van der Waals surface area (Å²) in [6, 6.07) is 8.48. The molecule has 1 aliphatic heterocycles. The van der Waals surface area contributed by atoms with Crippen molar-refractivity contribution < 1.29 is 4.79 Å². The van der Waals surface area contributed by atoms with Crippen LogP contribution in [0.3, 0.4) is 0 Å². The fourth-order valence-corrected chi connectivity index (χ4v) is 5.65. The van der Waals surface area contributed by atoms with Crippen LogP contribution < -0.4 is 5.56 Å². The molecule has 0 radical (unpaired) electrons. The smallest absolute Gasteiger partial charge is 0.281 e. The van der Waals surface area contributed by atoms with Crippen molar-refractivity contribution in [2.45, 2.75) is 90.0 Å². The van der Waals surface area contributed by atoms with Crippen LogP contribution in [0.25, 0.3) is 11.2 Å². The van der Waals surface area contributed by atoms with Crippen molar-refractivity contribution in [1.29, 1.82) is 0 Å². The van der Waals surface area contributed by atoms with E-state index in [0.29, 0.717) is 37.5 Å². The van der Waals surface area contributed by atoms with Crippen LogP contribution in [-0.4, -0.2) is 48.9 Å². The fourth-order valence-electron chi connectivity index (χ4n) is 5.65. The molecule has 2 aliphatic rings. The molecule has 0 spiro atoms. The summed E-state index contributed by atoms with van der Waals surface area (Å²) in [6.45, 7) is 8.52. The van der Waals surface area contributed by atoms with Crippen LogP contribution in [0.2, 0.25) is 0 Å². The minimum Gasteiger partial charge on any atom is -0.343 e. The van der Waals surface area contributed by atoms with E-state index in [1.165, 1.54) is 31.2 Å². The molecule has 0 atom stereocenters. The molecular formula is C28H38N6O2. The molecule has 1 amide bonds. The molecule has 36 heavy (non-hydrogen) atoms. The second kappa shape index (κ2) is 10.1. The summed E-state index contributed by atoms with van der Waals surface area (Å²) >= 11 is 0. The van der Waals surface area contributed by atoms with E-state index in [9.17, 15) is 9.59 Å². The molecule has 1 saturated heterocycles. The number of aromatic nitrogens is 5. The van der Waals surface area contributed by atoms with Crippen LogP contribution in [0, 0.1) is 5.92 Å². The van der Waals surface area contributed by atoms with Crippen molar-refractivity contribution in [3.8, 4) is 0 Å². The second-order valence-corrected chi connectivity index (χ2v) is 11.7. The highest BCUT2D eigenvalue weighted by Gasteiger charge is 2.27. The molecule has 1 saturated carbocycles. The summed E-state index contributed by atoms with van der Waals surface area (Å²) in [5.74, 6) is 1.81. The van der Waals surface area contributed by atoms with Crippen molar-refractivity contribution in [2.24, 2.45) is 5.92 Å². The topological polar surface area (TPSA) is 96.8 Å². The highest BCUT2D eigenvalue weighted by atomic mass is 16.2. The monoisotopic (exact) mass is 490 g/mol. The molecule has 192 valence electrons. The Labute approximate surface area is 212 Å². The number of hydrogen-bond donors (Lipinski definition) is 1. The van der Waals surface area contributed by atoms with Gasteiger partial charge in [-0.2, -0.15) is 0 Å². The predicted octanol–water partition coefficient (Wildman–Crippen LogP) is 4.54. The largest absolute Gasteiger partial charge is 0.343 e. The number of aromatic amines is 1. The third-order valence-electron chi connectivity index (χ3n) is 8.02. The average Bonchev–Trinajstić information content (AvgIpc) is 3.53. The summed E-state index contributed by atoms with van der Waals surface area (Å²) in [5, 5.41) is 8.33.